The number of likely N-dealkylation sites (N-methyl/N-ethyl adjacent to an activating group) is 1. The topological polar surface area (TPSA) is 105 Å². The standard InChI is InChI=1S/C22H21BrN2O6/c1-3-25-20(26)17(24-22(25)29)10-14-9-16(23)19(18(11-14)30-4-2)31-12-13-5-7-15(8-6-13)21(27)28/h5-11H,3-4,12H2,1-2H3,(H,24,29)(H,27,28)/b17-10+. The third-order valence-corrected chi connectivity index (χ3v) is 5.09. The minimum absolute atomic E-state index is 0.188. The number of carboxylic acids is 1. The summed E-state index contributed by atoms with van der Waals surface area (Å²) in [5.41, 5.74) is 1.83. The van der Waals surface area contributed by atoms with E-state index >= 15 is 0 Å². The van der Waals surface area contributed by atoms with Gasteiger partial charge in [-0.3, -0.25) is 9.69 Å². The number of halogens is 1. The van der Waals surface area contributed by atoms with E-state index in [1.807, 2.05) is 6.92 Å². The Morgan fingerprint density at radius 3 is 2.45 bits per heavy atom. The molecule has 1 aliphatic heterocycles. The molecule has 31 heavy (non-hydrogen) atoms. The van der Waals surface area contributed by atoms with E-state index in [1.165, 1.54) is 12.1 Å². The molecule has 3 rings (SSSR count). The van der Waals surface area contributed by atoms with E-state index in [0.29, 0.717) is 28.1 Å². The van der Waals surface area contributed by atoms with Gasteiger partial charge in [0.15, 0.2) is 11.5 Å². The van der Waals surface area contributed by atoms with Crippen LogP contribution in [0.2, 0.25) is 0 Å². The molecule has 0 aliphatic carbocycles. The highest BCUT2D eigenvalue weighted by molar-refractivity contribution is 9.10. The third kappa shape index (κ3) is 5.05. The number of benzene rings is 2. The minimum Gasteiger partial charge on any atom is -0.490 e. The summed E-state index contributed by atoms with van der Waals surface area (Å²) in [6.45, 7) is 4.46. The fourth-order valence-corrected chi connectivity index (χ4v) is 3.57. The monoisotopic (exact) mass is 488 g/mol. The first kappa shape index (κ1) is 22.4. The number of hydrogen-bond acceptors (Lipinski definition) is 5. The molecule has 2 aromatic carbocycles. The van der Waals surface area contributed by atoms with Gasteiger partial charge < -0.3 is 19.9 Å². The van der Waals surface area contributed by atoms with Crippen molar-refractivity contribution in [2.24, 2.45) is 0 Å². The first-order valence-corrected chi connectivity index (χ1v) is 10.4. The predicted molar refractivity (Wildman–Crippen MR) is 117 cm³/mol. The Hall–Kier alpha value is -3.33. The molecule has 1 saturated heterocycles. The lowest BCUT2D eigenvalue weighted by Gasteiger charge is -2.15. The number of nitrogens with one attached hydrogen (secondary N) is 1. The number of rotatable bonds is 8. The maximum absolute atomic E-state index is 12.3. The molecule has 0 radical (unpaired) electrons. The van der Waals surface area contributed by atoms with Gasteiger partial charge in [-0.2, -0.15) is 0 Å². The van der Waals surface area contributed by atoms with Crippen molar-refractivity contribution in [2.75, 3.05) is 13.2 Å². The van der Waals surface area contributed by atoms with Crippen LogP contribution in [0.1, 0.15) is 35.3 Å². The molecule has 162 valence electrons. The molecule has 3 amide bonds. The number of imide groups is 1. The minimum atomic E-state index is -0.988. The third-order valence-electron chi connectivity index (χ3n) is 4.51. The van der Waals surface area contributed by atoms with Crippen LogP contribution in [-0.2, 0) is 11.4 Å². The van der Waals surface area contributed by atoms with Gasteiger partial charge >= 0.3 is 12.0 Å². The van der Waals surface area contributed by atoms with Crippen molar-refractivity contribution in [2.45, 2.75) is 20.5 Å². The number of amides is 3. The van der Waals surface area contributed by atoms with Gasteiger partial charge in [0, 0.05) is 6.54 Å². The van der Waals surface area contributed by atoms with Crippen LogP contribution in [0.15, 0.2) is 46.6 Å². The fourth-order valence-electron chi connectivity index (χ4n) is 3.00. The first-order valence-electron chi connectivity index (χ1n) is 9.60. The lowest BCUT2D eigenvalue weighted by molar-refractivity contribution is -0.122. The molecule has 2 aromatic rings. The van der Waals surface area contributed by atoms with Crippen LogP contribution in [-0.4, -0.2) is 41.1 Å². The number of carbonyl (C=O) groups is 3. The average molecular weight is 489 g/mol. The number of ether oxygens (including phenoxy) is 2. The summed E-state index contributed by atoms with van der Waals surface area (Å²) in [5.74, 6) is -0.428. The predicted octanol–water partition coefficient (Wildman–Crippen LogP) is 4.04. The second-order valence-corrected chi connectivity index (χ2v) is 7.45. The molecular formula is C22H21BrN2O6. The van der Waals surface area contributed by atoms with Crippen molar-refractivity contribution in [1.29, 1.82) is 0 Å². The lowest BCUT2D eigenvalue weighted by atomic mass is 10.1. The number of carbonyl (C=O) groups excluding carboxylic acids is 2. The van der Waals surface area contributed by atoms with Crippen molar-refractivity contribution in [1.82, 2.24) is 10.2 Å². The van der Waals surface area contributed by atoms with E-state index in [1.54, 1.807) is 37.3 Å². The SMILES string of the molecule is CCOc1cc(/C=C2/NC(=O)N(CC)C2=O)cc(Br)c1OCc1ccc(C(=O)O)cc1. The van der Waals surface area contributed by atoms with Crippen molar-refractivity contribution < 1.29 is 29.0 Å². The number of nitrogens with zero attached hydrogens (tertiary/aromatic N) is 1. The summed E-state index contributed by atoms with van der Waals surface area (Å²) >= 11 is 3.48. The summed E-state index contributed by atoms with van der Waals surface area (Å²) in [7, 11) is 0. The molecule has 8 nitrogen and oxygen atoms in total. The highest BCUT2D eigenvalue weighted by atomic mass is 79.9. The fraction of sp³-hybridized carbons (Fsp3) is 0.227. The van der Waals surface area contributed by atoms with E-state index in [4.69, 9.17) is 14.6 Å². The molecule has 1 fully saturated rings. The Morgan fingerprint density at radius 2 is 1.87 bits per heavy atom. The molecule has 0 aromatic heterocycles. The van der Waals surface area contributed by atoms with Gasteiger partial charge in [0.2, 0.25) is 0 Å². The largest absolute Gasteiger partial charge is 0.490 e. The molecule has 2 N–H and O–H groups in total. The van der Waals surface area contributed by atoms with Gasteiger partial charge in [-0.1, -0.05) is 12.1 Å². The molecule has 9 heteroatoms. The van der Waals surface area contributed by atoms with Crippen LogP contribution in [0.5, 0.6) is 11.5 Å². The maximum Gasteiger partial charge on any atom is 0.335 e. The summed E-state index contributed by atoms with van der Waals surface area (Å²) < 4.78 is 12.2. The molecule has 0 saturated carbocycles. The quantitative estimate of drug-likeness (QED) is 0.429. The molecular weight excluding hydrogens is 468 g/mol. The second-order valence-electron chi connectivity index (χ2n) is 6.59. The number of aromatic carboxylic acids is 1. The molecule has 1 aliphatic rings. The normalized spacial score (nSPS) is 14.7. The van der Waals surface area contributed by atoms with Gasteiger partial charge in [-0.05, 0) is 71.2 Å². The molecule has 0 atom stereocenters. The second kappa shape index (κ2) is 9.65. The van der Waals surface area contributed by atoms with Crippen LogP contribution in [0, 0.1) is 0 Å². The lowest BCUT2D eigenvalue weighted by Crippen LogP contribution is -2.30. The summed E-state index contributed by atoms with van der Waals surface area (Å²) in [5, 5.41) is 11.6. The summed E-state index contributed by atoms with van der Waals surface area (Å²) in [6.07, 6.45) is 1.58. The Morgan fingerprint density at radius 1 is 1.16 bits per heavy atom. The highest BCUT2D eigenvalue weighted by Crippen LogP contribution is 2.38. The van der Waals surface area contributed by atoms with Gasteiger partial charge in [0.05, 0.1) is 16.6 Å². The van der Waals surface area contributed by atoms with Crippen LogP contribution in [0.4, 0.5) is 4.79 Å². The van der Waals surface area contributed by atoms with E-state index in [2.05, 4.69) is 21.2 Å². The smallest absolute Gasteiger partial charge is 0.335 e. The Balaban J connectivity index is 1.83. The van der Waals surface area contributed by atoms with Crippen LogP contribution in [0.25, 0.3) is 6.08 Å². The van der Waals surface area contributed by atoms with E-state index in [-0.39, 0.29) is 30.3 Å². The molecule has 0 spiro atoms. The average Bonchev–Trinajstić information content (AvgIpc) is 3.00. The van der Waals surface area contributed by atoms with Crippen molar-refractivity contribution in [3.8, 4) is 11.5 Å². The number of hydrogen-bond donors (Lipinski definition) is 2. The number of urea groups is 1. The van der Waals surface area contributed by atoms with Gasteiger partial charge in [-0.25, -0.2) is 9.59 Å². The van der Waals surface area contributed by atoms with Crippen molar-refractivity contribution in [3.63, 3.8) is 0 Å². The molecule has 1 heterocycles. The zero-order chi connectivity index (χ0) is 22.5. The summed E-state index contributed by atoms with van der Waals surface area (Å²) in [6, 6.07) is 9.43. The van der Waals surface area contributed by atoms with Crippen LogP contribution < -0.4 is 14.8 Å². The molecule has 0 unspecified atom stereocenters. The van der Waals surface area contributed by atoms with Gasteiger partial charge in [0.25, 0.3) is 5.91 Å². The van der Waals surface area contributed by atoms with Gasteiger partial charge in [-0.15, -0.1) is 0 Å². The first-order chi connectivity index (χ1) is 14.8. The number of carboxylic acid groups (broad SMARTS) is 1. The Kier molecular flexibility index (Phi) is 6.96. The van der Waals surface area contributed by atoms with Crippen LogP contribution in [0.3, 0.4) is 0 Å². The summed E-state index contributed by atoms with van der Waals surface area (Å²) in [4.78, 5) is 36.3. The van der Waals surface area contributed by atoms with E-state index in [0.717, 1.165) is 10.5 Å². The maximum atomic E-state index is 12.3. The van der Waals surface area contributed by atoms with Crippen molar-refractivity contribution >= 4 is 39.9 Å². The molecule has 0 bridgehead atoms. The zero-order valence-corrected chi connectivity index (χ0v) is 18.6. The highest BCUT2D eigenvalue weighted by Gasteiger charge is 2.32. The van der Waals surface area contributed by atoms with Crippen LogP contribution >= 0.6 is 15.9 Å². The van der Waals surface area contributed by atoms with Crippen molar-refractivity contribution in [3.05, 3.63) is 63.3 Å². The van der Waals surface area contributed by atoms with E-state index < -0.39 is 12.0 Å². The zero-order valence-electron chi connectivity index (χ0n) is 17.0. The van der Waals surface area contributed by atoms with E-state index in [9.17, 15) is 14.4 Å². The Labute approximate surface area is 187 Å². The van der Waals surface area contributed by atoms with Gasteiger partial charge in [0.1, 0.15) is 12.3 Å². The Bertz CT molecular complexity index is 1050.